The monoisotopic (exact) mass is 358 g/mol. The first-order valence-corrected chi connectivity index (χ1v) is 9.25. The van der Waals surface area contributed by atoms with Gasteiger partial charge in [-0.1, -0.05) is 0 Å². The highest BCUT2D eigenvalue weighted by atomic mass is 32.1. The summed E-state index contributed by atoms with van der Waals surface area (Å²) < 4.78 is 0. The van der Waals surface area contributed by atoms with Crippen molar-refractivity contribution in [2.45, 2.75) is 32.2 Å². The van der Waals surface area contributed by atoms with Crippen LogP contribution in [-0.2, 0) is 16.1 Å². The van der Waals surface area contributed by atoms with E-state index >= 15 is 0 Å². The summed E-state index contributed by atoms with van der Waals surface area (Å²) in [6.07, 6.45) is 4.47. The highest BCUT2D eigenvalue weighted by Gasteiger charge is 2.29. The average Bonchev–Trinajstić information content (AvgIpc) is 3.38. The zero-order valence-electron chi connectivity index (χ0n) is 13.7. The van der Waals surface area contributed by atoms with Gasteiger partial charge in [0.25, 0.3) is 5.91 Å². The van der Waals surface area contributed by atoms with E-state index in [4.69, 9.17) is 0 Å². The smallest absolute Gasteiger partial charge is 0.270 e. The molecule has 7 nitrogen and oxygen atoms in total. The van der Waals surface area contributed by atoms with Gasteiger partial charge in [-0.25, -0.2) is 4.98 Å². The van der Waals surface area contributed by atoms with Crippen molar-refractivity contribution in [3.63, 3.8) is 0 Å². The summed E-state index contributed by atoms with van der Waals surface area (Å²) in [6, 6.07) is 1.81. The molecule has 0 spiro atoms. The van der Waals surface area contributed by atoms with E-state index in [1.165, 1.54) is 16.2 Å². The number of imide groups is 1. The van der Waals surface area contributed by atoms with E-state index in [0.717, 1.165) is 37.2 Å². The number of H-pyrrole nitrogens is 1. The lowest BCUT2D eigenvalue weighted by molar-refractivity contribution is -0.139. The minimum atomic E-state index is -0.137. The molecule has 1 N–H and O–H groups in total. The summed E-state index contributed by atoms with van der Waals surface area (Å²) in [5.41, 5.74) is 2.15. The van der Waals surface area contributed by atoms with Gasteiger partial charge in [-0.05, 0) is 18.9 Å². The molecule has 2 fully saturated rings. The van der Waals surface area contributed by atoms with Gasteiger partial charge >= 0.3 is 0 Å². The fraction of sp³-hybridized carbons (Fsp3) is 0.412. The Morgan fingerprint density at radius 1 is 1.20 bits per heavy atom. The zero-order valence-corrected chi connectivity index (χ0v) is 14.5. The number of carbonyl (C=O) groups is 3. The molecule has 2 aromatic heterocycles. The van der Waals surface area contributed by atoms with Crippen molar-refractivity contribution in [1.82, 2.24) is 19.8 Å². The lowest BCUT2D eigenvalue weighted by Crippen LogP contribution is -2.28. The fourth-order valence-corrected chi connectivity index (χ4v) is 4.00. The fourth-order valence-electron chi connectivity index (χ4n) is 3.21. The average molecular weight is 358 g/mol. The Bertz CT molecular complexity index is 819. The second kappa shape index (κ2) is 6.44. The van der Waals surface area contributed by atoms with Crippen LogP contribution in [0.5, 0.6) is 0 Å². The standard InChI is InChI=1S/C17H18N4O3S/c22-15-3-4-16(23)21(15)9-14-19-13(10-25-14)11-7-12(18-8-11)17(24)20-5-1-2-6-20/h7-8,10,18H,1-6,9H2. The zero-order chi connectivity index (χ0) is 17.4. The highest BCUT2D eigenvalue weighted by molar-refractivity contribution is 7.09. The van der Waals surface area contributed by atoms with Crippen LogP contribution in [0.4, 0.5) is 0 Å². The first-order valence-electron chi connectivity index (χ1n) is 8.37. The van der Waals surface area contributed by atoms with Crippen LogP contribution in [0.25, 0.3) is 11.3 Å². The van der Waals surface area contributed by atoms with Crippen LogP contribution in [0.3, 0.4) is 0 Å². The van der Waals surface area contributed by atoms with Crippen molar-refractivity contribution in [3.8, 4) is 11.3 Å². The van der Waals surface area contributed by atoms with Gasteiger partial charge in [0.1, 0.15) is 10.7 Å². The van der Waals surface area contributed by atoms with Gasteiger partial charge in [-0.3, -0.25) is 19.3 Å². The van der Waals surface area contributed by atoms with E-state index in [1.807, 2.05) is 16.3 Å². The number of thiazole rings is 1. The maximum Gasteiger partial charge on any atom is 0.270 e. The molecule has 0 atom stereocenters. The molecule has 2 aromatic rings. The maximum atomic E-state index is 12.4. The van der Waals surface area contributed by atoms with Gasteiger partial charge in [-0.2, -0.15) is 0 Å². The van der Waals surface area contributed by atoms with E-state index in [-0.39, 0.29) is 37.1 Å². The van der Waals surface area contributed by atoms with Crippen molar-refractivity contribution >= 4 is 29.1 Å². The molecule has 0 radical (unpaired) electrons. The van der Waals surface area contributed by atoms with Crippen LogP contribution >= 0.6 is 11.3 Å². The SMILES string of the molecule is O=C(c1cc(-c2csc(CN3C(=O)CCC3=O)n2)c[nH]1)N1CCCC1. The molecule has 0 saturated carbocycles. The third-order valence-electron chi connectivity index (χ3n) is 4.60. The van der Waals surface area contributed by atoms with Gasteiger partial charge in [0, 0.05) is 43.1 Å². The second-order valence-corrected chi connectivity index (χ2v) is 7.24. The number of nitrogens with one attached hydrogen (secondary N) is 1. The number of hydrogen-bond donors (Lipinski definition) is 1. The quantitative estimate of drug-likeness (QED) is 0.847. The molecule has 25 heavy (non-hydrogen) atoms. The Hall–Kier alpha value is -2.48. The van der Waals surface area contributed by atoms with E-state index in [9.17, 15) is 14.4 Å². The van der Waals surface area contributed by atoms with Gasteiger partial charge in [0.15, 0.2) is 0 Å². The molecule has 0 aromatic carbocycles. The van der Waals surface area contributed by atoms with Crippen molar-refractivity contribution in [3.05, 3.63) is 28.3 Å². The van der Waals surface area contributed by atoms with Crippen LogP contribution in [0.15, 0.2) is 17.6 Å². The Balaban J connectivity index is 1.48. The number of hydrogen-bond acceptors (Lipinski definition) is 5. The normalized spacial score (nSPS) is 17.8. The van der Waals surface area contributed by atoms with E-state index < -0.39 is 0 Å². The van der Waals surface area contributed by atoms with Gasteiger partial charge in [0.2, 0.25) is 11.8 Å². The third-order valence-corrected chi connectivity index (χ3v) is 5.44. The van der Waals surface area contributed by atoms with E-state index in [2.05, 4.69) is 9.97 Å². The number of aromatic amines is 1. The molecule has 0 aliphatic carbocycles. The Morgan fingerprint density at radius 2 is 1.92 bits per heavy atom. The highest BCUT2D eigenvalue weighted by Crippen LogP contribution is 2.25. The molecule has 130 valence electrons. The minimum absolute atomic E-state index is 0.0208. The number of rotatable bonds is 4. The lowest BCUT2D eigenvalue weighted by Gasteiger charge is -2.13. The lowest BCUT2D eigenvalue weighted by atomic mass is 10.2. The molecular formula is C17H18N4O3S. The Labute approximate surface area is 148 Å². The number of nitrogens with zero attached hydrogens (tertiary/aromatic N) is 3. The van der Waals surface area contributed by atoms with Crippen LogP contribution in [0.1, 0.15) is 41.2 Å². The van der Waals surface area contributed by atoms with Gasteiger partial charge < -0.3 is 9.88 Å². The first kappa shape index (κ1) is 16.0. The summed E-state index contributed by atoms with van der Waals surface area (Å²) in [5, 5.41) is 2.60. The molecule has 4 heterocycles. The summed E-state index contributed by atoms with van der Waals surface area (Å²) in [4.78, 5) is 46.5. The summed E-state index contributed by atoms with van der Waals surface area (Å²) in [6.45, 7) is 1.85. The third kappa shape index (κ3) is 3.09. The Kier molecular flexibility index (Phi) is 4.12. The number of amides is 3. The molecule has 3 amide bonds. The number of aromatic nitrogens is 2. The van der Waals surface area contributed by atoms with Crippen LogP contribution in [0.2, 0.25) is 0 Å². The number of carbonyl (C=O) groups excluding carboxylic acids is 3. The topological polar surface area (TPSA) is 86.4 Å². The molecule has 0 bridgehead atoms. The van der Waals surface area contributed by atoms with Crippen LogP contribution in [-0.4, -0.2) is 50.6 Å². The number of likely N-dealkylation sites (tertiary alicyclic amines) is 2. The molecular weight excluding hydrogens is 340 g/mol. The molecule has 2 aliphatic heterocycles. The molecule has 4 rings (SSSR count). The first-order chi connectivity index (χ1) is 12.1. The van der Waals surface area contributed by atoms with Gasteiger partial charge in [0.05, 0.1) is 12.2 Å². The van der Waals surface area contributed by atoms with Crippen LogP contribution < -0.4 is 0 Å². The van der Waals surface area contributed by atoms with E-state index in [1.54, 1.807) is 6.20 Å². The largest absolute Gasteiger partial charge is 0.357 e. The van der Waals surface area contributed by atoms with Gasteiger partial charge in [-0.15, -0.1) is 11.3 Å². The molecule has 2 aliphatic rings. The van der Waals surface area contributed by atoms with Crippen LogP contribution in [0, 0.1) is 0 Å². The molecule has 0 unspecified atom stereocenters. The molecule has 8 heteroatoms. The van der Waals surface area contributed by atoms with Crippen molar-refractivity contribution in [2.75, 3.05) is 13.1 Å². The summed E-state index contributed by atoms with van der Waals surface area (Å²) in [5.74, 6) is -0.253. The van der Waals surface area contributed by atoms with Crippen molar-refractivity contribution in [1.29, 1.82) is 0 Å². The molecule has 2 saturated heterocycles. The summed E-state index contributed by atoms with van der Waals surface area (Å²) >= 11 is 1.41. The maximum absolute atomic E-state index is 12.4. The minimum Gasteiger partial charge on any atom is -0.357 e. The predicted molar refractivity (Wildman–Crippen MR) is 91.8 cm³/mol. The van der Waals surface area contributed by atoms with E-state index in [0.29, 0.717) is 10.7 Å². The Morgan fingerprint density at radius 3 is 2.64 bits per heavy atom. The summed E-state index contributed by atoms with van der Waals surface area (Å²) in [7, 11) is 0. The van der Waals surface area contributed by atoms with Crippen molar-refractivity contribution < 1.29 is 14.4 Å². The van der Waals surface area contributed by atoms with Crippen molar-refractivity contribution in [2.24, 2.45) is 0 Å². The predicted octanol–water partition coefficient (Wildman–Crippen LogP) is 2.02. The second-order valence-electron chi connectivity index (χ2n) is 6.30.